The van der Waals surface area contributed by atoms with Crippen LogP contribution < -0.4 is 5.56 Å². The normalized spacial score (nSPS) is 11.4. The van der Waals surface area contributed by atoms with E-state index < -0.39 is 0 Å². The quantitative estimate of drug-likeness (QED) is 0.502. The van der Waals surface area contributed by atoms with Gasteiger partial charge in [0, 0.05) is 41.7 Å². The summed E-state index contributed by atoms with van der Waals surface area (Å²) in [5.74, 6) is 1.52. The van der Waals surface area contributed by atoms with Gasteiger partial charge in [0.2, 0.25) is 0 Å². The fraction of sp³-hybridized carbons (Fsp3) is 0.200. The minimum atomic E-state index is -0.0480. The van der Waals surface area contributed by atoms with E-state index >= 15 is 0 Å². The summed E-state index contributed by atoms with van der Waals surface area (Å²) in [5.41, 5.74) is 0.712. The molecule has 4 aromatic rings. The summed E-state index contributed by atoms with van der Waals surface area (Å²) in [7, 11) is 1.97. The molecule has 0 bridgehead atoms. The minimum Gasteiger partial charge on any atom is -0.309 e. The summed E-state index contributed by atoms with van der Waals surface area (Å²) in [6.45, 7) is 0. The highest BCUT2D eigenvalue weighted by Crippen LogP contribution is 2.22. The molecule has 0 spiro atoms. The number of hydrogen-bond donors (Lipinski definition) is 0. The molecule has 0 unspecified atom stereocenters. The van der Waals surface area contributed by atoms with Crippen LogP contribution in [-0.4, -0.2) is 24.1 Å². The van der Waals surface area contributed by atoms with Crippen LogP contribution in [0.1, 0.15) is 16.4 Å². The Morgan fingerprint density at radius 2 is 2.17 bits per heavy atom. The highest BCUT2D eigenvalue weighted by atomic mass is 32.2. The number of rotatable bonds is 5. The second kappa shape index (κ2) is 6.50. The van der Waals surface area contributed by atoms with Crippen molar-refractivity contribution in [3.8, 4) is 0 Å². The van der Waals surface area contributed by atoms with Crippen LogP contribution in [0, 0.1) is 0 Å². The van der Waals surface area contributed by atoms with E-state index in [-0.39, 0.29) is 5.56 Å². The van der Waals surface area contributed by atoms with Gasteiger partial charge in [-0.15, -0.1) is 32.9 Å². The van der Waals surface area contributed by atoms with Gasteiger partial charge in [0.15, 0.2) is 10.1 Å². The number of thiophene rings is 1. The molecule has 0 atom stereocenters. The molecule has 6 nitrogen and oxygen atoms in total. The molecule has 4 rings (SSSR count). The fourth-order valence-electron chi connectivity index (χ4n) is 2.29. The molecular weight excluding hydrogens is 362 g/mol. The summed E-state index contributed by atoms with van der Waals surface area (Å²) in [4.78, 5) is 18.5. The second-order valence-corrected chi connectivity index (χ2v) is 7.99. The minimum absolute atomic E-state index is 0.0480. The predicted molar refractivity (Wildman–Crippen MR) is 97.0 cm³/mol. The first-order valence-electron chi connectivity index (χ1n) is 7.20. The Hall–Kier alpha value is -1.97. The fourth-order valence-corrected chi connectivity index (χ4v) is 4.56. The smallest absolute Gasteiger partial charge is 0.258 e. The van der Waals surface area contributed by atoms with Crippen LogP contribution in [0.2, 0.25) is 0 Å². The van der Waals surface area contributed by atoms with Gasteiger partial charge in [-0.25, -0.2) is 4.98 Å². The molecule has 4 aromatic heterocycles. The Labute approximate surface area is 149 Å². The van der Waals surface area contributed by atoms with Gasteiger partial charge in [0.25, 0.3) is 5.56 Å². The van der Waals surface area contributed by atoms with Crippen molar-refractivity contribution in [3.05, 3.63) is 61.9 Å². The van der Waals surface area contributed by atoms with E-state index in [9.17, 15) is 4.79 Å². The van der Waals surface area contributed by atoms with Crippen molar-refractivity contribution in [1.29, 1.82) is 0 Å². The summed E-state index contributed by atoms with van der Waals surface area (Å²) < 4.78 is 3.56. The van der Waals surface area contributed by atoms with Gasteiger partial charge in [-0.1, -0.05) is 17.8 Å². The summed E-state index contributed by atoms with van der Waals surface area (Å²) in [6.07, 6.45) is 2.52. The molecule has 24 heavy (non-hydrogen) atoms. The molecule has 0 N–H and O–H groups in total. The Bertz CT molecular complexity index is 1030. The maximum atomic E-state index is 12.0. The van der Waals surface area contributed by atoms with E-state index in [1.807, 2.05) is 23.1 Å². The lowest BCUT2D eigenvalue weighted by Gasteiger charge is -2.03. The lowest BCUT2D eigenvalue weighted by atomic mass is 10.3. The Morgan fingerprint density at radius 3 is 3.00 bits per heavy atom. The first-order valence-corrected chi connectivity index (χ1v) is 9.94. The highest BCUT2D eigenvalue weighted by Gasteiger charge is 2.11. The van der Waals surface area contributed by atoms with E-state index in [1.54, 1.807) is 39.8 Å². The molecule has 0 aromatic carbocycles. The zero-order valence-corrected chi connectivity index (χ0v) is 15.2. The molecule has 4 heterocycles. The lowest BCUT2D eigenvalue weighted by molar-refractivity contribution is 0.750. The van der Waals surface area contributed by atoms with Crippen molar-refractivity contribution in [2.45, 2.75) is 17.3 Å². The monoisotopic (exact) mass is 375 g/mol. The predicted octanol–water partition coefficient (Wildman–Crippen LogP) is 2.83. The largest absolute Gasteiger partial charge is 0.309 e. The van der Waals surface area contributed by atoms with E-state index in [1.165, 1.54) is 16.2 Å². The molecule has 0 amide bonds. The number of thiazole rings is 1. The molecule has 0 aliphatic rings. The van der Waals surface area contributed by atoms with Gasteiger partial charge in [-0.3, -0.25) is 9.20 Å². The number of hydrogen-bond acceptors (Lipinski definition) is 7. The van der Waals surface area contributed by atoms with Gasteiger partial charge in [0.1, 0.15) is 5.82 Å². The van der Waals surface area contributed by atoms with Crippen LogP contribution >= 0.6 is 34.4 Å². The number of thioether (sulfide) groups is 1. The molecule has 9 heteroatoms. The lowest BCUT2D eigenvalue weighted by Crippen LogP contribution is -2.12. The topological polar surface area (TPSA) is 65.1 Å². The Balaban J connectivity index is 1.51. The SMILES string of the molecule is Cn1c(Cc2cccs2)nnc1SCc1cc(=O)n2ccsc2n1. The highest BCUT2D eigenvalue weighted by molar-refractivity contribution is 7.98. The maximum absolute atomic E-state index is 12.0. The van der Waals surface area contributed by atoms with Crippen molar-refractivity contribution in [3.63, 3.8) is 0 Å². The summed E-state index contributed by atoms with van der Waals surface area (Å²) >= 11 is 4.71. The third-order valence-corrected chi connectivity index (χ3v) is 6.23. The Morgan fingerprint density at radius 1 is 1.25 bits per heavy atom. The molecule has 0 aliphatic heterocycles. The van der Waals surface area contributed by atoms with Crippen LogP contribution in [-0.2, 0) is 19.2 Å². The van der Waals surface area contributed by atoms with Crippen molar-refractivity contribution >= 4 is 39.4 Å². The van der Waals surface area contributed by atoms with Gasteiger partial charge in [-0.2, -0.15) is 0 Å². The molecule has 0 fully saturated rings. The molecular formula is C15H13N5OS3. The van der Waals surface area contributed by atoms with Crippen LogP contribution in [0.4, 0.5) is 0 Å². The first kappa shape index (κ1) is 15.6. The number of nitrogens with zero attached hydrogens (tertiary/aromatic N) is 5. The third kappa shape index (κ3) is 3.02. The van der Waals surface area contributed by atoms with Gasteiger partial charge < -0.3 is 4.57 Å². The first-order chi connectivity index (χ1) is 11.7. The van der Waals surface area contributed by atoms with Crippen molar-refractivity contribution in [1.82, 2.24) is 24.1 Å². The number of aromatic nitrogens is 5. The molecule has 0 radical (unpaired) electrons. The van der Waals surface area contributed by atoms with Gasteiger partial charge >= 0.3 is 0 Å². The molecule has 0 saturated heterocycles. The average Bonchev–Trinajstić information content (AvgIpc) is 3.29. The molecule has 122 valence electrons. The van der Waals surface area contributed by atoms with E-state index in [0.717, 1.165) is 28.1 Å². The Kier molecular flexibility index (Phi) is 4.21. The standard InChI is InChI=1S/C15H13N5OS3/c1-19-12(8-11-3-2-5-22-11)17-18-15(19)24-9-10-7-13(21)20-4-6-23-14(20)16-10/h2-7H,8-9H2,1H3. The van der Waals surface area contributed by atoms with Crippen LogP contribution in [0.5, 0.6) is 0 Å². The van der Waals surface area contributed by atoms with E-state index in [4.69, 9.17) is 0 Å². The maximum Gasteiger partial charge on any atom is 0.258 e. The van der Waals surface area contributed by atoms with Gasteiger partial charge in [0.05, 0.1) is 5.69 Å². The average molecular weight is 376 g/mol. The second-order valence-electron chi connectivity index (χ2n) is 5.14. The van der Waals surface area contributed by atoms with Crippen LogP contribution in [0.25, 0.3) is 4.96 Å². The zero-order chi connectivity index (χ0) is 16.5. The summed E-state index contributed by atoms with van der Waals surface area (Å²) in [5, 5.41) is 13.3. The van der Waals surface area contributed by atoms with Gasteiger partial charge in [-0.05, 0) is 11.4 Å². The zero-order valence-electron chi connectivity index (χ0n) is 12.7. The van der Waals surface area contributed by atoms with Crippen LogP contribution in [0.3, 0.4) is 0 Å². The molecule has 0 aliphatic carbocycles. The summed E-state index contributed by atoms with van der Waals surface area (Å²) in [6, 6.07) is 5.71. The van der Waals surface area contributed by atoms with Crippen molar-refractivity contribution in [2.24, 2.45) is 7.05 Å². The van der Waals surface area contributed by atoms with E-state index in [2.05, 4.69) is 26.6 Å². The third-order valence-electron chi connectivity index (χ3n) is 3.54. The van der Waals surface area contributed by atoms with Crippen molar-refractivity contribution in [2.75, 3.05) is 0 Å². The van der Waals surface area contributed by atoms with Crippen LogP contribution in [0.15, 0.2) is 45.1 Å². The molecule has 0 saturated carbocycles. The van der Waals surface area contributed by atoms with E-state index in [0.29, 0.717) is 5.75 Å². The number of fused-ring (bicyclic) bond motifs is 1. The van der Waals surface area contributed by atoms with Crippen molar-refractivity contribution < 1.29 is 0 Å².